The van der Waals surface area contributed by atoms with E-state index in [-0.39, 0.29) is 17.7 Å². The number of carbonyl (C=O) groups is 1. The molecule has 3 nitrogen and oxygen atoms in total. The zero-order valence-electron chi connectivity index (χ0n) is 12.8. The quantitative estimate of drug-likeness (QED) is 0.785. The topological polar surface area (TPSA) is 29.5 Å². The number of amides is 1. The summed E-state index contributed by atoms with van der Waals surface area (Å²) in [6.07, 6.45) is 9.17. The van der Waals surface area contributed by atoms with E-state index in [4.69, 9.17) is 4.74 Å². The van der Waals surface area contributed by atoms with E-state index in [0.717, 1.165) is 30.7 Å². The molecule has 112 valence electrons. The van der Waals surface area contributed by atoms with Crippen LogP contribution in [0.1, 0.15) is 58.8 Å². The Morgan fingerprint density at radius 3 is 2.20 bits per heavy atom. The number of hydrogen-bond donors (Lipinski definition) is 0. The SMILES string of the molecule is CC(C)CC1CN(C23CC4CC(CC(C4)C2)C3)C(=O)O1. The van der Waals surface area contributed by atoms with Gasteiger partial charge in [0.2, 0.25) is 0 Å². The van der Waals surface area contributed by atoms with Crippen LogP contribution in [0, 0.1) is 23.7 Å². The number of rotatable bonds is 3. The van der Waals surface area contributed by atoms with E-state index >= 15 is 0 Å². The van der Waals surface area contributed by atoms with Gasteiger partial charge in [0.05, 0.1) is 6.54 Å². The van der Waals surface area contributed by atoms with Crippen molar-refractivity contribution in [3.05, 3.63) is 0 Å². The summed E-state index contributed by atoms with van der Waals surface area (Å²) in [6, 6.07) is 0. The molecule has 20 heavy (non-hydrogen) atoms. The van der Waals surface area contributed by atoms with Crippen molar-refractivity contribution in [2.24, 2.45) is 23.7 Å². The molecule has 3 heteroatoms. The van der Waals surface area contributed by atoms with Crippen LogP contribution in [-0.4, -0.2) is 29.2 Å². The summed E-state index contributed by atoms with van der Waals surface area (Å²) in [5.41, 5.74) is 0.178. The van der Waals surface area contributed by atoms with Gasteiger partial charge in [-0.25, -0.2) is 4.79 Å². The van der Waals surface area contributed by atoms with Crippen LogP contribution in [0.3, 0.4) is 0 Å². The molecule has 1 heterocycles. The van der Waals surface area contributed by atoms with Crippen molar-refractivity contribution >= 4 is 6.09 Å². The van der Waals surface area contributed by atoms with Crippen LogP contribution in [0.4, 0.5) is 4.79 Å². The van der Waals surface area contributed by atoms with Crippen molar-refractivity contribution < 1.29 is 9.53 Å². The third-order valence-electron chi connectivity index (χ3n) is 6.19. The second-order valence-electron chi connectivity index (χ2n) is 8.39. The van der Waals surface area contributed by atoms with Gasteiger partial charge in [-0.15, -0.1) is 0 Å². The van der Waals surface area contributed by atoms with Crippen molar-refractivity contribution in [3.8, 4) is 0 Å². The Morgan fingerprint density at radius 1 is 1.15 bits per heavy atom. The van der Waals surface area contributed by atoms with E-state index in [2.05, 4.69) is 18.7 Å². The van der Waals surface area contributed by atoms with Crippen LogP contribution in [0.15, 0.2) is 0 Å². The molecule has 1 atom stereocenters. The van der Waals surface area contributed by atoms with Gasteiger partial charge in [-0.3, -0.25) is 4.90 Å². The minimum atomic E-state index is -0.0161. The van der Waals surface area contributed by atoms with Gasteiger partial charge in [0.15, 0.2) is 0 Å². The molecule has 4 bridgehead atoms. The number of hydrogen-bond acceptors (Lipinski definition) is 2. The fourth-order valence-corrected chi connectivity index (χ4v) is 5.95. The molecule has 5 rings (SSSR count). The Bertz CT molecular complexity index is 382. The number of nitrogens with zero attached hydrogens (tertiary/aromatic N) is 1. The van der Waals surface area contributed by atoms with Crippen LogP contribution in [-0.2, 0) is 4.74 Å². The van der Waals surface area contributed by atoms with Crippen LogP contribution in [0.2, 0.25) is 0 Å². The van der Waals surface area contributed by atoms with Crippen LogP contribution in [0.5, 0.6) is 0 Å². The normalized spacial score (nSPS) is 46.4. The Hall–Kier alpha value is -0.730. The minimum Gasteiger partial charge on any atom is -0.444 e. The highest BCUT2D eigenvalue weighted by Crippen LogP contribution is 2.58. The predicted octanol–water partition coefficient (Wildman–Crippen LogP) is 3.82. The highest BCUT2D eigenvalue weighted by Gasteiger charge is 2.56. The Balaban J connectivity index is 1.54. The molecule has 0 spiro atoms. The van der Waals surface area contributed by atoms with Crippen LogP contribution in [0.25, 0.3) is 0 Å². The largest absolute Gasteiger partial charge is 0.444 e. The van der Waals surface area contributed by atoms with Gasteiger partial charge in [0, 0.05) is 5.54 Å². The van der Waals surface area contributed by atoms with Crippen LogP contribution >= 0.6 is 0 Å². The zero-order valence-corrected chi connectivity index (χ0v) is 12.8. The van der Waals surface area contributed by atoms with Crippen molar-refractivity contribution in [2.45, 2.75) is 70.4 Å². The fourth-order valence-electron chi connectivity index (χ4n) is 5.95. The first kappa shape index (κ1) is 13.0. The molecule has 5 fully saturated rings. The van der Waals surface area contributed by atoms with Gasteiger partial charge in [-0.2, -0.15) is 0 Å². The lowest BCUT2D eigenvalue weighted by Gasteiger charge is -2.59. The van der Waals surface area contributed by atoms with E-state index in [1.165, 1.54) is 38.5 Å². The molecule has 4 aliphatic carbocycles. The Morgan fingerprint density at radius 2 is 1.70 bits per heavy atom. The lowest BCUT2D eigenvalue weighted by Crippen LogP contribution is -2.60. The second-order valence-corrected chi connectivity index (χ2v) is 8.39. The molecule has 1 amide bonds. The molecule has 0 aromatic carbocycles. The minimum absolute atomic E-state index is 0.0161. The Labute approximate surface area is 122 Å². The third-order valence-corrected chi connectivity index (χ3v) is 6.19. The molecule has 1 aliphatic heterocycles. The van der Waals surface area contributed by atoms with Crippen molar-refractivity contribution in [3.63, 3.8) is 0 Å². The summed E-state index contributed by atoms with van der Waals surface area (Å²) in [6.45, 7) is 5.27. The first-order chi connectivity index (χ1) is 9.54. The average Bonchev–Trinajstić information content (AvgIpc) is 2.68. The zero-order chi connectivity index (χ0) is 13.9. The molecule has 0 N–H and O–H groups in total. The molecule has 0 aromatic rings. The lowest BCUT2D eigenvalue weighted by atomic mass is 9.52. The molecule has 1 saturated heterocycles. The van der Waals surface area contributed by atoms with Crippen molar-refractivity contribution in [1.82, 2.24) is 4.90 Å². The van der Waals surface area contributed by atoms with E-state index in [1.807, 2.05) is 0 Å². The summed E-state index contributed by atoms with van der Waals surface area (Å²) >= 11 is 0. The number of carbonyl (C=O) groups excluding carboxylic acids is 1. The van der Waals surface area contributed by atoms with Crippen LogP contribution < -0.4 is 0 Å². The summed E-state index contributed by atoms with van der Waals surface area (Å²) in [7, 11) is 0. The standard InChI is InChI=1S/C17H27NO2/c1-11(2)3-15-10-18(16(19)20-15)17-7-12-4-13(8-17)6-14(5-12)9-17/h11-15H,3-10H2,1-2H3. The third kappa shape index (κ3) is 1.96. The highest BCUT2D eigenvalue weighted by molar-refractivity contribution is 5.71. The number of cyclic esters (lactones) is 1. The van der Waals surface area contributed by atoms with E-state index in [1.54, 1.807) is 0 Å². The molecular formula is C17H27NO2. The Kier molecular flexibility index (Phi) is 2.84. The molecule has 0 radical (unpaired) electrons. The second kappa shape index (κ2) is 4.38. The molecule has 0 aromatic heterocycles. The molecule has 4 saturated carbocycles. The highest BCUT2D eigenvalue weighted by atomic mass is 16.6. The van der Waals surface area contributed by atoms with Gasteiger partial charge in [0.1, 0.15) is 6.10 Å². The maximum absolute atomic E-state index is 12.4. The lowest BCUT2D eigenvalue weighted by molar-refractivity contribution is -0.0663. The summed E-state index contributed by atoms with van der Waals surface area (Å²) in [5.74, 6) is 3.26. The predicted molar refractivity (Wildman–Crippen MR) is 77.3 cm³/mol. The molecular weight excluding hydrogens is 250 g/mol. The van der Waals surface area contributed by atoms with Gasteiger partial charge in [0.25, 0.3) is 0 Å². The fraction of sp³-hybridized carbons (Fsp3) is 0.941. The maximum Gasteiger partial charge on any atom is 0.410 e. The summed E-state index contributed by atoms with van der Waals surface area (Å²) in [4.78, 5) is 14.5. The van der Waals surface area contributed by atoms with Gasteiger partial charge < -0.3 is 4.74 Å². The van der Waals surface area contributed by atoms with Crippen molar-refractivity contribution in [1.29, 1.82) is 0 Å². The van der Waals surface area contributed by atoms with E-state index < -0.39 is 0 Å². The van der Waals surface area contributed by atoms with Gasteiger partial charge >= 0.3 is 6.09 Å². The molecule has 1 unspecified atom stereocenters. The van der Waals surface area contributed by atoms with E-state index in [9.17, 15) is 4.79 Å². The summed E-state index contributed by atoms with van der Waals surface area (Å²) < 4.78 is 5.66. The average molecular weight is 277 g/mol. The maximum atomic E-state index is 12.4. The first-order valence-corrected chi connectivity index (χ1v) is 8.52. The smallest absolute Gasteiger partial charge is 0.410 e. The van der Waals surface area contributed by atoms with E-state index in [0.29, 0.717) is 5.92 Å². The molecule has 5 aliphatic rings. The number of ether oxygens (including phenoxy) is 1. The summed E-state index contributed by atoms with van der Waals surface area (Å²) in [5, 5.41) is 0. The van der Waals surface area contributed by atoms with Crippen molar-refractivity contribution in [2.75, 3.05) is 6.54 Å². The first-order valence-electron chi connectivity index (χ1n) is 8.52. The van der Waals surface area contributed by atoms with Gasteiger partial charge in [-0.05, 0) is 68.6 Å². The van der Waals surface area contributed by atoms with Gasteiger partial charge in [-0.1, -0.05) is 13.8 Å². The monoisotopic (exact) mass is 277 g/mol.